The third-order valence-electron chi connectivity index (χ3n) is 8.22. The third-order valence-corrected chi connectivity index (χ3v) is 8.22. The molecule has 0 saturated carbocycles. The number of amides is 2. The topological polar surface area (TPSA) is 104 Å². The number of nitrogens with zero attached hydrogens (tertiary/aromatic N) is 1. The van der Waals surface area contributed by atoms with Crippen LogP contribution >= 0.6 is 0 Å². The highest BCUT2D eigenvalue weighted by Crippen LogP contribution is 2.47. The number of halogens is 1. The van der Waals surface area contributed by atoms with Crippen molar-refractivity contribution >= 4 is 34.4 Å². The summed E-state index contributed by atoms with van der Waals surface area (Å²) in [5, 5.41) is 6.47. The van der Waals surface area contributed by atoms with Crippen molar-refractivity contribution in [2.75, 3.05) is 25.5 Å². The van der Waals surface area contributed by atoms with Crippen molar-refractivity contribution in [2.24, 2.45) is 5.92 Å². The number of rotatable bonds is 5. The Balaban J connectivity index is 1.08. The quantitative estimate of drug-likeness (QED) is 0.332. The first kappa shape index (κ1) is 24.5. The first-order valence-electron chi connectivity index (χ1n) is 13.4. The Morgan fingerprint density at radius 3 is 2.70 bits per heavy atom. The monoisotopic (exact) mass is 538 g/mol. The summed E-state index contributed by atoms with van der Waals surface area (Å²) in [6.45, 7) is 1.54. The van der Waals surface area contributed by atoms with Crippen molar-refractivity contribution in [3.63, 3.8) is 0 Å². The summed E-state index contributed by atoms with van der Waals surface area (Å²) in [5.41, 5.74) is 5.02. The van der Waals surface area contributed by atoms with E-state index in [2.05, 4.69) is 20.5 Å². The van der Waals surface area contributed by atoms with Crippen LogP contribution < -0.4 is 10.6 Å². The zero-order chi connectivity index (χ0) is 27.6. The van der Waals surface area contributed by atoms with Crippen molar-refractivity contribution in [1.82, 2.24) is 15.2 Å². The van der Waals surface area contributed by atoms with Crippen LogP contribution in [0.4, 0.5) is 10.1 Å². The number of esters is 1. The molecule has 1 spiro atoms. The van der Waals surface area contributed by atoms with Crippen molar-refractivity contribution in [2.45, 2.75) is 25.0 Å². The molecule has 3 N–H and O–H groups in total. The molecule has 0 aliphatic carbocycles. The molecule has 40 heavy (non-hydrogen) atoms. The fraction of sp³-hybridized carbons (Fsp3) is 0.258. The highest BCUT2D eigenvalue weighted by atomic mass is 19.1. The van der Waals surface area contributed by atoms with Gasteiger partial charge in [0.15, 0.2) is 0 Å². The Bertz CT molecular complexity index is 1710. The second kappa shape index (κ2) is 9.02. The van der Waals surface area contributed by atoms with Gasteiger partial charge in [0.05, 0.1) is 11.5 Å². The molecular formula is C31H27FN4O4. The first-order chi connectivity index (χ1) is 19.3. The molecule has 0 bridgehead atoms. The van der Waals surface area contributed by atoms with Gasteiger partial charge in [0.1, 0.15) is 5.82 Å². The average molecular weight is 539 g/mol. The highest BCUT2D eigenvalue weighted by Gasteiger charge is 2.57. The van der Waals surface area contributed by atoms with Crippen molar-refractivity contribution in [3.05, 3.63) is 88.7 Å². The lowest BCUT2D eigenvalue weighted by Crippen LogP contribution is -2.34. The van der Waals surface area contributed by atoms with E-state index in [4.69, 9.17) is 4.74 Å². The maximum atomic E-state index is 14.2. The van der Waals surface area contributed by atoms with Crippen LogP contribution in [-0.4, -0.2) is 47.8 Å². The molecule has 1 fully saturated rings. The summed E-state index contributed by atoms with van der Waals surface area (Å²) in [7, 11) is 1.94. The number of carbonyl (C=O) groups excluding carboxylic acids is 3. The minimum atomic E-state index is -1.25. The van der Waals surface area contributed by atoms with E-state index in [-0.39, 0.29) is 17.8 Å². The van der Waals surface area contributed by atoms with E-state index >= 15 is 0 Å². The third kappa shape index (κ3) is 3.80. The van der Waals surface area contributed by atoms with Gasteiger partial charge >= 0.3 is 5.97 Å². The summed E-state index contributed by atoms with van der Waals surface area (Å²) >= 11 is 0. The van der Waals surface area contributed by atoms with Gasteiger partial charge in [0.25, 0.3) is 11.8 Å². The number of nitrogens with one attached hydrogen (secondary N) is 3. The van der Waals surface area contributed by atoms with Crippen molar-refractivity contribution in [3.8, 4) is 11.3 Å². The van der Waals surface area contributed by atoms with Gasteiger partial charge in [-0.2, -0.15) is 0 Å². The molecule has 2 atom stereocenters. The molecular weight excluding hydrogens is 511 g/mol. The van der Waals surface area contributed by atoms with Gasteiger partial charge in [-0.25, -0.2) is 4.39 Å². The SMILES string of the molecule is CN(Cc1ccc(-c2[nH]c3cc(F)cc4c3c2CCNC4=O)cc1)CC1CC2(OC1=O)C(=O)Nc1ccccc12. The Kier molecular flexibility index (Phi) is 5.54. The molecule has 3 aromatic carbocycles. The van der Waals surface area contributed by atoms with Crippen LogP contribution in [0.1, 0.15) is 33.5 Å². The number of para-hydroxylation sites is 1. The number of H-pyrrole nitrogens is 1. The second-order valence-electron chi connectivity index (χ2n) is 10.9. The van der Waals surface area contributed by atoms with Gasteiger partial charge in [0, 0.05) is 53.9 Å². The number of hydrogen-bond acceptors (Lipinski definition) is 5. The van der Waals surface area contributed by atoms with E-state index in [0.29, 0.717) is 49.2 Å². The van der Waals surface area contributed by atoms with E-state index in [0.717, 1.165) is 33.3 Å². The number of aromatic amines is 1. The Hall–Kier alpha value is -4.50. The number of benzene rings is 3. The van der Waals surface area contributed by atoms with E-state index in [1.54, 1.807) is 0 Å². The summed E-state index contributed by atoms with van der Waals surface area (Å²) < 4.78 is 19.9. The Labute approximate surface area is 229 Å². The van der Waals surface area contributed by atoms with Crippen LogP contribution in [0.3, 0.4) is 0 Å². The number of carbonyl (C=O) groups is 3. The molecule has 7 rings (SSSR count). The predicted octanol–water partition coefficient (Wildman–Crippen LogP) is 4.10. The number of aromatic nitrogens is 1. The Morgan fingerprint density at radius 1 is 1.07 bits per heavy atom. The molecule has 1 aromatic heterocycles. The number of hydrogen-bond donors (Lipinski definition) is 3. The summed E-state index contributed by atoms with van der Waals surface area (Å²) in [5.74, 6) is -1.78. The summed E-state index contributed by atoms with van der Waals surface area (Å²) in [6, 6.07) is 18.2. The Morgan fingerprint density at radius 2 is 1.88 bits per heavy atom. The molecule has 9 heteroatoms. The van der Waals surface area contributed by atoms with Gasteiger partial charge < -0.3 is 25.3 Å². The molecule has 0 radical (unpaired) electrons. The standard InChI is InChI=1S/C31H27FN4O4/c1-36(16-19-14-31(40-29(19)38)23-4-2-3-5-24(23)35-30(31)39)15-17-6-8-18(9-7-17)27-21-10-11-33-28(37)22-12-20(32)13-25(34-27)26(21)22/h2-9,12-13,19,34H,10-11,14-16H2,1H3,(H,33,37)(H,35,39). The van der Waals surface area contributed by atoms with Crippen LogP contribution in [0.2, 0.25) is 0 Å². The van der Waals surface area contributed by atoms with Gasteiger partial charge in [-0.3, -0.25) is 14.4 Å². The smallest absolute Gasteiger partial charge is 0.311 e. The van der Waals surface area contributed by atoms with Crippen LogP contribution in [0, 0.1) is 11.7 Å². The minimum absolute atomic E-state index is 0.262. The normalized spacial score (nSPS) is 21.5. The van der Waals surface area contributed by atoms with Gasteiger partial charge in [-0.05, 0) is 48.4 Å². The average Bonchev–Trinajstić information content (AvgIpc) is 3.50. The summed E-state index contributed by atoms with van der Waals surface area (Å²) in [4.78, 5) is 43.5. The van der Waals surface area contributed by atoms with E-state index < -0.39 is 17.3 Å². The molecule has 1 saturated heterocycles. The van der Waals surface area contributed by atoms with Gasteiger partial charge in [0.2, 0.25) is 5.60 Å². The molecule has 2 amide bonds. The fourth-order valence-corrected chi connectivity index (χ4v) is 6.43. The van der Waals surface area contributed by atoms with E-state index in [1.165, 1.54) is 12.1 Å². The largest absolute Gasteiger partial charge is 0.444 e. The lowest BCUT2D eigenvalue weighted by Gasteiger charge is -2.21. The predicted molar refractivity (Wildman–Crippen MR) is 147 cm³/mol. The maximum absolute atomic E-state index is 14.2. The van der Waals surface area contributed by atoms with Gasteiger partial charge in [-0.15, -0.1) is 0 Å². The molecule has 3 aliphatic heterocycles. The van der Waals surface area contributed by atoms with Crippen molar-refractivity contribution < 1.29 is 23.5 Å². The van der Waals surface area contributed by atoms with Crippen LogP contribution in [-0.2, 0) is 32.9 Å². The minimum Gasteiger partial charge on any atom is -0.444 e. The highest BCUT2D eigenvalue weighted by molar-refractivity contribution is 6.10. The first-order valence-corrected chi connectivity index (χ1v) is 13.4. The zero-order valence-corrected chi connectivity index (χ0v) is 21.8. The van der Waals surface area contributed by atoms with Crippen molar-refractivity contribution in [1.29, 1.82) is 0 Å². The molecule has 3 aliphatic rings. The van der Waals surface area contributed by atoms with Crippen LogP contribution in [0.5, 0.6) is 0 Å². The summed E-state index contributed by atoms with van der Waals surface area (Å²) in [6.07, 6.45) is 0.951. The maximum Gasteiger partial charge on any atom is 0.311 e. The molecule has 202 valence electrons. The fourth-order valence-electron chi connectivity index (χ4n) is 6.43. The molecule has 4 heterocycles. The number of anilines is 1. The lowest BCUT2D eigenvalue weighted by molar-refractivity contribution is -0.157. The van der Waals surface area contributed by atoms with Crippen LogP contribution in [0.25, 0.3) is 22.2 Å². The van der Waals surface area contributed by atoms with E-state index in [1.807, 2.05) is 55.6 Å². The van der Waals surface area contributed by atoms with E-state index in [9.17, 15) is 18.8 Å². The zero-order valence-electron chi connectivity index (χ0n) is 21.8. The number of ether oxygens (including phenoxy) is 1. The van der Waals surface area contributed by atoms with Crippen LogP contribution in [0.15, 0.2) is 60.7 Å². The molecule has 2 unspecified atom stereocenters. The number of fused-ring (bicyclic) bond motifs is 2. The second-order valence-corrected chi connectivity index (χ2v) is 10.9. The molecule has 4 aromatic rings. The van der Waals surface area contributed by atoms with Gasteiger partial charge in [-0.1, -0.05) is 42.5 Å². The lowest BCUT2D eigenvalue weighted by atomic mass is 9.88. The molecule has 8 nitrogen and oxygen atoms in total.